The molecule has 2 aromatic rings. The molecule has 19 heavy (non-hydrogen) atoms. The third-order valence-corrected chi connectivity index (χ3v) is 3.15. The first-order chi connectivity index (χ1) is 9.09. The van der Waals surface area contributed by atoms with Gasteiger partial charge in [-0.1, -0.05) is 29.3 Å². The molecular weight excluding hydrogens is 289 g/mol. The van der Waals surface area contributed by atoms with Crippen molar-refractivity contribution in [3.05, 3.63) is 57.8 Å². The lowest BCUT2D eigenvalue weighted by molar-refractivity contribution is 0.0844. The highest BCUT2D eigenvalue weighted by Crippen LogP contribution is 2.25. The molecule has 0 unspecified atom stereocenters. The summed E-state index contributed by atoms with van der Waals surface area (Å²) < 4.78 is 0. The lowest BCUT2D eigenvalue weighted by Gasteiger charge is -2.08. The van der Waals surface area contributed by atoms with Crippen LogP contribution in [0.15, 0.2) is 36.5 Å². The van der Waals surface area contributed by atoms with Gasteiger partial charge < -0.3 is 4.98 Å². The van der Waals surface area contributed by atoms with Crippen LogP contribution in [-0.4, -0.2) is 16.8 Å². The molecule has 0 bridgehead atoms. The van der Waals surface area contributed by atoms with Crippen LogP contribution in [0.3, 0.4) is 0 Å². The van der Waals surface area contributed by atoms with Crippen LogP contribution < -0.4 is 10.9 Å². The van der Waals surface area contributed by atoms with Gasteiger partial charge >= 0.3 is 0 Å². The van der Waals surface area contributed by atoms with Gasteiger partial charge in [0.25, 0.3) is 11.8 Å². The second-order valence-corrected chi connectivity index (χ2v) is 4.38. The smallest absolute Gasteiger partial charge is 0.286 e. The number of carbonyl (C=O) groups is 2. The van der Waals surface area contributed by atoms with Crippen LogP contribution in [0, 0.1) is 0 Å². The Labute approximate surface area is 118 Å². The number of H-pyrrole nitrogens is 1. The molecule has 0 atom stereocenters. The molecule has 0 spiro atoms. The fourth-order valence-corrected chi connectivity index (χ4v) is 1.79. The van der Waals surface area contributed by atoms with Gasteiger partial charge in [-0.05, 0) is 24.3 Å². The van der Waals surface area contributed by atoms with Crippen LogP contribution >= 0.6 is 23.2 Å². The van der Waals surface area contributed by atoms with E-state index in [0.29, 0.717) is 5.69 Å². The molecule has 0 radical (unpaired) electrons. The SMILES string of the molecule is O=C(NNC(=O)c1cccc(Cl)c1Cl)c1ccc[nH]1. The Morgan fingerprint density at radius 3 is 2.42 bits per heavy atom. The molecule has 0 aliphatic heterocycles. The maximum atomic E-state index is 11.8. The Balaban J connectivity index is 2.02. The van der Waals surface area contributed by atoms with Crippen LogP contribution in [0.5, 0.6) is 0 Å². The fourth-order valence-electron chi connectivity index (χ4n) is 1.40. The first kappa shape index (κ1) is 13.5. The average molecular weight is 298 g/mol. The molecule has 2 amide bonds. The zero-order valence-corrected chi connectivity index (χ0v) is 11.0. The van der Waals surface area contributed by atoms with Gasteiger partial charge in [-0.15, -0.1) is 0 Å². The van der Waals surface area contributed by atoms with E-state index >= 15 is 0 Å². The van der Waals surface area contributed by atoms with Crippen molar-refractivity contribution in [3.63, 3.8) is 0 Å². The van der Waals surface area contributed by atoms with Crippen LogP contribution in [0.2, 0.25) is 10.0 Å². The fraction of sp³-hybridized carbons (Fsp3) is 0. The summed E-state index contributed by atoms with van der Waals surface area (Å²) in [5.41, 5.74) is 5.02. The van der Waals surface area contributed by atoms with Gasteiger partial charge in [0.2, 0.25) is 0 Å². The van der Waals surface area contributed by atoms with Crippen LogP contribution in [0.25, 0.3) is 0 Å². The Morgan fingerprint density at radius 2 is 1.74 bits per heavy atom. The molecule has 0 saturated carbocycles. The predicted octanol–water partition coefficient (Wildman–Crippen LogP) is 2.40. The van der Waals surface area contributed by atoms with E-state index in [9.17, 15) is 9.59 Å². The highest BCUT2D eigenvalue weighted by molar-refractivity contribution is 6.43. The second kappa shape index (κ2) is 5.77. The normalized spacial score (nSPS) is 10.0. The van der Waals surface area contributed by atoms with Crippen LogP contribution in [-0.2, 0) is 0 Å². The highest BCUT2D eigenvalue weighted by atomic mass is 35.5. The summed E-state index contributed by atoms with van der Waals surface area (Å²) in [6.45, 7) is 0. The quantitative estimate of drug-likeness (QED) is 0.745. The molecule has 5 nitrogen and oxygen atoms in total. The predicted molar refractivity (Wildman–Crippen MR) is 72.2 cm³/mol. The lowest BCUT2D eigenvalue weighted by Crippen LogP contribution is -2.41. The number of aromatic amines is 1. The van der Waals surface area contributed by atoms with Gasteiger partial charge in [-0.2, -0.15) is 0 Å². The van der Waals surface area contributed by atoms with Gasteiger partial charge in [0, 0.05) is 6.20 Å². The standard InChI is InChI=1S/C12H9Cl2N3O2/c13-8-4-1-3-7(10(8)14)11(18)16-17-12(19)9-5-2-6-15-9/h1-6,15H,(H,16,18)(H,17,19). The van der Waals surface area contributed by atoms with Crippen molar-refractivity contribution >= 4 is 35.0 Å². The summed E-state index contributed by atoms with van der Waals surface area (Å²) in [5, 5.41) is 0.404. The number of hydrogen-bond acceptors (Lipinski definition) is 2. The van der Waals surface area contributed by atoms with Gasteiger partial charge in [-0.3, -0.25) is 20.4 Å². The van der Waals surface area contributed by atoms with Gasteiger partial charge in [0.15, 0.2) is 0 Å². The number of carbonyl (C=O) groups excluding carboxylic acids is 2. The van der Waals surface area contributed by atoms with E-state index in [1.54, 1.807) is 30.5 Å². The number of rotatable bonds is 2. The van der Waals surface area contributed by atoms with E-state index < -0.39 is 11.8 Å². The number of nitrogens with one attached hydrogen (secondary N) is 3. The zero-order valence-electron chi connectivity index (χ0n) is 9.54. The summed E-state index contributed by atoms with van der Waals surface area (Å²) in [7, 11) is 0. The zero-order chi connectivity index (χ0) is 13.8. The summed E-state index contributed by atoms with van der Waals surface area (Å²) in [6, 6.07) is 7.91. The Kier molecular flexibility index (Phi) is 4.09. The minimum absolute atomic E-state index is 0.135. The minimum atomic E-state index is -0.549. The van der Waals surface area contributed by atoms with Crippen molar-refractivity contribution in [3.8, 4) is 0 Å². The van der Waals surface area contributed by atoms with E-state index in [4.69, 9.17) is 23.2 Å². The number of hydrogen-bond donors (Lipinski definition) is 3. The maximum absolute atomic E-state index is 11.8. The third-order valence-electron chi connectivity index (χ3n) is 2.33. The molecule has 0 aliphatic carbocycles. The maximum Gasteiger partial charge on any atom is 0.286 e. The molecule has 0 aliphatic rings. The highest BCUT2D eigenvalue weighted by Gasteiger charge is 2.13. The second-order valence-electron chi connectivity index (χ2n) is 3.59. The molecule has 2 rings (SSSR count). The summed E-state index contributed by atoms with van der Waals surface area (Å²) >= 11 is 11.7. The van der Waals surface area contributed by atoms with E-state index in [-0.39, 0.29) is 15.6 Å². The van der Waals surface area contributed by atoms with Crippen molar-refractivity contribution in [2.24, 2.45) is 0 Å². The van der Waals surface area contributed by atoms with E-state index in [1.165, 1.54) is 6.07 Å². The van der Waals surface area contributed by atoms with Crippen molar-refractivity contribution in [2.75, 3.05) is 0 Å². The summed E-state index contributed by atoms with van der Waals surface area (Å²) in [5.74, 6) is -1.01. The molecule has 0 fully saturated rings. The Hall–Kier alpha value is -1.98. The molecular formula is C12H9Cl2N3O2. The van der Waals surface area contributed by atoms with Crippen molar-refractivity contribution in [1.29, 1.82) is 0 Å². The van der Waals surface area contributed by atoms with Crippen molar-refractivity contribution < 1.29 is 9.59 Å². The topological polar surface area (TPSA) is 74.0 Å². The van der Waals surface area contributed by atoms with Gasteiger partial charge in [0.1, 0.15) is 5.69 Å². The average Bonchev–Trinajstić information content (AvgIpc) is 2.93. The molecule has 3 N–H and O–H groups in total. The van der Waals surface area contributed by atoms with Gasteiger partial charge in [-0.25, -0.2) is 0 Å². The molecule has 7 heteroatoms. The monoisotopic (exact) mass is 297 g/mol. The largest absolute Gasteiger partial charge is 0.357 e. The first-order valence-electron chi connectivity index (χ1n) is 5.27. The molecule has 1 heterocycles. The number of amides is 2. The molecule has 0 saturated heterocycles. The number of halogens is 2. The van der Waals surface area contributed by atoms with Gasteiger partial charge in [0.05, 0.1) is 15.6 Å². The summed E-state index contributed by atoms with van der Waals surface area (Å²) in [6.07, 6.45) is 1.60. The third kappa shape index (κ3) is 3.07. The number of aromatic nitrogens is 1. The number of hydrazine groups is 1. The van der Waals surface area contributed by atoms with Crippen molar-refractivity contribution in [1.82, 2.24) is 15.8 Å². The van der Waals surface area contributed by atoms with E-state index in [2.05, 4.69) is 15.8 Å². The van der Waals surface area contributed by atoms with E-state index in [0.717, 1.165) is 0 Å². The van der Waals surface area contributed by atoms with E-state index in [1.807, 2.05) is 0 Å². The Morgan fingerprint density at radius 1 is 1.00 bits per heavy atom. The first-order valence-corrected chi connectivity index (χ1v) is 6.03. The minimum Gasteiger partial charge on any atom is -0.357 e. The molecule has 98 valence electrons. The lowest BCUT2D eigenvalue weighted by atomic mass is 10.2. The Bertz CT molecular complexity index is 611. The molecule has 1 aromatic heterocycles. The van der Waals surface area contributed by atoms with Crippen molar-refractivity contribution in [2.45, 2.75) is 0 Å². The molecule has 1 aromatic carbocycles. The summed E-state index contributed by atoms with van der Waals surface area (Å²) in [4.78, 5) is 26.1. The van der Waals surface area contributed by atoms with Crippen LogP contribution in [0.1, 0.15) is 20.8 Å². The van der Waals surface area contributed by atoms with Crippen LogP contribution in [0.4, 0.5) is 0 Å². The number of benzene rings is 1.